The van der Waals surface area contributed by atoms with Crippen LogP contribution in [0.25, 0.3) is 0 Å². The molecule has 0 atom stereocenters. The van der Waals surface area contributed by atoms with Crippen LogP contribution in [0, 0.1) is 11.7 Å². The molecule has 1 aliphatic carbocycles. The second kappa shape index (κ2) is 6.02. The molecule has 6 heteroatoms. The molecule has 1 aromatic carbocycles. The van der Waals surface area contributed by atoms with Crippen LogP contribution in [-0.2, 0) is 4.79 Å². The van der Waals surface area contributed by atoms with Crippen LogP contribution in [0.5, 0.6) is 0 Å². The summed E-state index contributed by atoms with van der Waals surface area (Å²) >= 11 is 5.60. The summed E-state index contributed by atoms with van der Waals surface area (Å²) in [6, 6.07) is 3.87. The highest BCUT2D eigenvalue weighted by Crippen LogP contribution is 2.28. The maximum absolute atomic E-state index is 13.4. The molecule has 0 aliphatic heterocycles. The van der Waals surface area contributed by atoms with Crippen molar-refractivity contribution in [2.45, 2.75) is 12.8 Å². The van der Waals surface area contributed by atoms with E-state index in [1.54, 1.807) is 0 Å². The quantitative estimate of drug-likeness (QED) is 0.809. The highest BCUT2D eigenvalue weighted by molar-refractivity contribution is 6.30. The molecule has 0 saturated heterocycles. The van der Waals surface area contributed by atoms with E-state index in [9.17, 15) is 14.0 Å². The van der Waals surface area contributed by atoms with Crippen LogP contribution in [-0.4, -0.2) is 24.9 Å². The molecule has 1 fully saturated rings. The van der Waals surface area contributed by atoms with Gasteiger partial charge >= 0.3 is 0 Å². The highest BCUT2D eigenvalue weighted by atomic mass is 35.5. The second-order valence-corrected chi connectivity index (χ2v) is 4.88. The molecule has 0 aromatic heterocycles. The fourth-order valence-corrected chi connectivity index (χ4v) is 1.78. The van der Waals surface area contributed by atoms with Gasteiger partial charge in [0.2, 0.25) is 5.91 Å². The Kier molecular flexibility index (Phi) is 4.37. The normalized spacial score (nSPS) is 14.0. The SMILES string of the molecule is O=C(NCCNC(=O)C1CC1)c1ccc(Cl)cc1F. The Hall–Kier alpha value is -1.62. The molecule has 0 unspecified atom stereocenters. The van der Waals surface area contributed by atoms with E-state index in [-0.39, 0.29) is 29.0 Å². The van der Waals surface area contributed by atoms with Gasteiger partial charge in [-0.1, -0.05) is 11.6 Å². The molecule has 0 bridgehead atoms. The van der Waals surface area contributed by atoms with Crippen molar-refractivity contribution in [1.82, 2.24) is 10.6 Å². The summed E-state index contributed by atoms with van der Waals surface area (Å²) < 4.78 is 13.4. The van der Waals surface area contributed by atoms with Crippen LogP contribution in [0.1, 0.15) is 23.2 Å². The third-order valence-electron chi connectivity index (χ3n) is 2.83. The molecule has 2 rings (SSSR count). The minimum absolute atomic E-state index is 0.0203. The smallest absolute Gasteiger partial charge is 0.254 e. The number of hydrogen-bond acceptors (Lipinski definition) is 2. The predicted molar refractivity (Wildman–Crippen MR) is 69.5 cm³/mol. The van der Waals surface area contributed by atoms with E-state index in [0.29, 0.717) is 6.54 Å². The zero-order valence-corrected chi connectivity index (χ0v) is 11.0. The lowest BCUT2D eigenvalue weighted by molar-refractivity contribution is -0.122. The lowest BCUT2D eigenvalue weighted by Gasteiger charge is -2.07. The maximum Gasteiger partial charge on any atom is 0.254 e. The third kappa shape index (κ3) is 3.92. The van der Waals surface area contributed by atoms with E-state index in [1.165, 1.54) is 12.1 Å². The highest BCUT2D eigenvalue weighted by Gasteiger charge is 2.29. The third-order valence-corrected chi connectivity index (χ3v) is 3.07. The van der Waals surface area contributed by atoms with Gasteiger partial charge in [-0.3, -0.25) is 9.59 Å². The molecule has 4 nitrogen and oxygen atoms in total. The Bertz CT molecular complexity index is 503. The number of benzene rings is 1. The van der Waals surface area contributed by atoms with E-state index in [0.717, 1.165) is 18.9 Å². The molecule has 1 aromatic rings. The van der Waals surface area contributed by atoms with Gasteiger partial charge in [-0.05, 0) is 31.0 Å². The van der Waals surface area contributed by atoms with Crippen molar-refractivity contribution in [2.24, 2.45) is 5.92 Å². The lowest BCUT2D eigenvalue weighted by Crippen LogP contribution is -2.35. The molecule has 1 saturated carbocycles. The molecular weight excluding hydrogens is 271 g/mol. The predicted octanol–water partition coefficient (Wildman–Crippen LogP) is 1.74. The Morgan fingerprint density at radius 2 is 1.95 bits per heavy atom. The molecule has 2 N–H and O–H groups in total. The molecule has 2 amide bonds. The average Bonchev–Trinajstić information content (AvgIpc) is 3.18. The number of rotatable bonds is 5. The van der Waals surface area contributed by atoms with Gasteiger partial charge < -0.3 is 10.6 Å². The zero-order chi connectivity index (χ0) is 13.8. The van der Waals surface area contributed by atoms with Gasteiger partial charge in [0, 0.05) is 24.0 Å². The second-order valence-electron chi connectivity index (χ2n) is 4.45. The summed E-state index contributed by atoms with van der Waals surface area (Å²) in [5, 5.41) is 5.49. The summed E-state index contributed by atoms with van der Waals surface area (Å²) in [6.45, 7) is 0.607. The van der Waals surface area contributed by atoms with Crippen LogP contribution in [0.4, 0.5) is 4.39 Å². The standard InChI is InChI=1S/C13H14ClFN2O2/c14-9-3-4-10(11(15)7-9)13(19)17-6-5-16-12(18)8-1-2-8/h3-4,7-8H,1-2,5-6H2,(H,16,18)(H,17,19). The number of amides is 2. The minimum Gasteiger partial charge on any atom is -0.354 e. The Labute approximate surface area is 115 Å². The number of halogens is 2. The fourth-order valence-electron chi connectivity index (χ4n) is 1.62. The van der Waals surface area contributed by atoms with Crippen molar-refractivity contribution in [1.29, 1.82) is 0 Å². The largest absolute Gasteiger partial charge is 0.354 e. The van der Waals surface area contributed by atoms with E-state index in [1.807, 2.05) is 0 Å². The molecule has 1 aliphatic rings. The minimum atomic E-state index is -0.660. The van der Waals surface area contributed by atoms with Gasteiger partial charge in [-0.25, -0.2) is 4.39 Å². The molecule has 0 heterocycles. The van der Waals surface area contributed by atoms with Crippen molar-refractivity contribution in [3.8, 4) is 0 Å². The van der Waals surface area contributed by atoms with Crippen LogP contribution in [0.2, 0.25) is 5.02 Å². The van der Waals surface area contributed by atoms with Crippen molar-refractivity contribution in [3.63, 3.8) is 0 Å². The van der Waals surface area contributed by atoms with E-state index in [2.05, 4.69) is 10.6 Å². The lowest BCUT2D eigenvalue weighted by atomic mass is 10.2. The van der Waals surface area contributed by atoms with Gasteiger partial charge in [-0.15, -0.1) is 0 Å². The first-order valence-electron chi connectivity index (χ1n) is 6.09. The first-order chi connectivity index (χ1) is 9.08. The summed E-state index contributed by atoms with van der Waals surface area (Å²) in [4.78, 5) is 23.0. The first-order valence-corrected chi connectivity index (χ1v) is 6.46. The van der Waals surface area contributed by atoms with E-state index >= 15 is 0 Å². The molecule has 102 valence electrons. The van der Waals surface area contributed by atoms with Crippen molar-refractivity contribution in [3.05, 3.63) is 34.6 Å². The van der Waals surface area contributed by atoms with Crippen LogP contribution in [0.3, 0.4) is 0 Å². The summed E-state index contributed by atoms with van der Waals surface area (Å²) in [6.07, 6.45) is 1.88. The topological polar surface area (TPSA) is 58.2 Å². The van der Waals surface area contributed by atoms with Gasteiger partial charge in [-0.2, -0.15) is 0 Å². The average molecular weight is 285 g/mol. The Morgan fingerprint density at radius 3 is 2.58 bits per heavy atom. The van der Waals surface area contributed by atoms with Crippen molar-refractivity contribution >= 4 is 23.4 Å². The molecular formula is C13H14ClFN2O2. The van der Waals surface area contributed by atoms with Gasteiger partial charge in [0.15, 0.2) is 0 Å². The molecule has 0 spiro atoms. The Balaban J connectivity index is 1.75. The maximum atomic E-state index is 13.4. The number of nitrogens with one attached hydrogen (secondary N) is 2. The van der Waals surface area contributed by atoms with Gasteiger partial charge in [0.05, 0.1) is 5.56 Å². The first kappa shape index (κ1) is 13.8. The van der Waals surface area contributed by atoms with Crippen LogP contribution in [0.15, 0.2) is 18.2 Å². The molecule has 19 heavy (non-hydrogen) atoms. The van der Waals surface area contributed by atoms with Gasteiger partial charge in [0.1, 0.15) is 5.82 Å². The van der Waals surface area contributed by atoms with E-state index in [4.69, 9.17) is 11.6 Å². The van der Waals surface area contributed by atoms with Crippen LogP contribution >= 0.6 is 11.6 Å². The van der Waals surface area contributed by atoms with E-state index < -0.39 is 11.7 Å². The number of carbonyl (C=O) groups is 2. The van der Waals surface area contributed by atoms with Crippen molar-refractivity contribution in [2.75, 3.05) is 13.1 Å². The summed E-state index contributed by atoms with van der Waals surface area (Å²) in [5.41, 5.74) is -0.0575. The van der Waals surface area contributed by atoms with Gasteiger partial charge in [0.25, 0.3) is 5.91 Å². The van der Waals surface area contributed by atoms with Crippen LogP contribution < -0.4 is 10.6 Å². The fraction of sp³-hybridized carbons (Fsp3) is 0.385. The molecule has 0 radical (unpaired) electrons. The zero-order valence-electron chi connectivity index (χ0n) is 10.2. The monoisotopic (exact) mass is 284 g/mol. The number of hydrogen-bond donors (Lipinski definition) is 2. The summed E-state index contributed by atoms with van der Waals surface area (Å²) in [5.74, 6) is -1.02. The van der Waals surface area contributed by atoms with Crippen molar-refractivity contribution < 1.29 is 14.0 Å². The number of carbonyl (C=O) groups excluding carboxylic acids is 2. The Morgan fingerprint density at radius 1 is 1.26 bits per heavy atom. The summed E-state index contributed by atoms with van der Waals surface area (Å²) in [7, 11) is 0.